The highest BCUT2D eigenvalue weighted by molar-refractivity contribution is 7.99. The van der Waals surface area contributed by atoms with Crippen LogP contribution < -0.4 is 0 Å². The van der Waals surface area contributed by atoms with Crippen molar-refractivity contribution in [3.8, 4) is 0 Å². The van der Waals surface area contributed by atoms with Crippen molar-refractivity contribution >= 4 is 11.8 Å². The van der Waals surface area contributed by atoms with Gasteiger partial charge in [-0.15, -0.1) is 10.2 Å². The Morgan fingerprint density at radius 2 is 2.07 bits per heavy atom. The molecule has 1 aliphatic heterocycles. The van der Waals surface area contributed by atoms with Gasteiger partial charge in [-0.2, -0.15) is 8.78 Å². The second-order valence-corrected chi connectivity index (χ2v) is 4.20. The molecule has 0 fully saturated rings. The minimum atomic E-state index is -2.41. The standard InChI is InChI=1S/C8H11F2N3S/c9-7(10)14-8-12-11-6-4-2-1-3-5-13(6)8/h7H,1-5H2. The van der Waals surface area contributed by atoms with Crippen molar-refractivity contribution in [3.05, 3.63) is 5.82 Å². The van der Waals surface area contributed by atoms with Crippen LogP contribution in [-0.4, -0.2) is 20.5 Å². The quantitative estimate of drug-likeness (QED) is 0.715. The second kappa shape index (κ2) is 4.25. The van der Waals surface area contributed by atoms with Crippen LogP contribution in [-0.2, 0) is 13.0 Å². The molecule has 78 valence electrons. The Labute approximate surface area is 84.9 Å². The summed E-state index contributed by atoms with van der Waals surface area (Å²) in [5.74, 6) is -1.56. The van der Waals surface area contributed by atoms with Gasteiger partial charge in [0, 0.05) is 13.0 Å². The smallest absolute Gasteiger partial charge is 0.291 e. The molecular weight excluding hydrogens is 208 g/mol. The van der Waals surface area contributed by atoms with E-state index >= 15 is 0 Å². The number of aromatic nitrogens is 3. The Kier molecular flexibility index (Phi) is 3.00. The molecule has 0 unspecified atom stereocenters. The van der Waals surface area contributed by atoms with Gasteiger partial charge in [0.2, 0.25) is 0 Å². The summed E-state index contributed by atoms with van der Waals surface area (Å²) in [6.07, 6.45) is 4.11. The maximum atomic E-state index is 12.2. The summed E-state index contributed by atoms with van der Waals surface area (Å²) < 4.78 is 26.1. The zero-order valence-corrected chi connectivity index (χ0v) is 8.44. The van der Waals surface area contributed by atoms with Crippen LogP contribution in [0, 0.1) is 0 Å². The normalized spacial score (nSPS) is 16.8. The van der Waals surface area contributed by atoms with Gasteiger partial charge in [0.05, 0.1) is 0 Å². The minimum Gasteiger partial charge on any atom is -0.306 e. The molecule has 0 amide bonds. The van der Waals surface area contributed by atoms with Gasteiger partial charge in [-0.25, -0.2) is 0 Å². The number of hydrogen-bond donors (Lipinski definition) is 0. The predicted octanol–water partition coefficient (Wildman–Crippen LogP) is 2.32. The first-order chi connectivity index (χ1) is 6.77. The predicted molar refractivity (Wildman–Crippen MR) is 49.4 cm³/mol. The highest BCUT2D eigenvalue weighted by Gasteiger charge is 2.17. The summed E-state index contributed by atoms with van der Waals surface area (Å²) in [5, 5.41) is 8.06. The first-order valence-electron chi connectivity index (χ1n) is 4.64. The summed E-state index contributed by atoms with van der Waals surface area (Å²) in [6, 6.07) is 0. The number of fused-ring (bicyclic) bond motifs is 1. The zero-order chi connectivity index (χ0) is 9.97. The maximum absolute atomic E-state index is 12.2. The summed E-state index contributed by atoms with van der Waals surface area (Å²) in [4.78, 5) is 0. The number of rotatable bonds is 2. The molecule has 0 spiro atoms. The molecule has 0 atom stereocenters. The lowest BCUT2D eigenvalue weighted by atomic mass is 10.2. The summed E-state index contributed by atoms with van der Waals surface area (Å²) in [5.41, 5.74) is 0. The molecule has 1 aromatic heterocycles. The average Bonchev–Trinajstić information content (AvgIpc) is 2.37. The molecule has 2 rings (SSSR count). The monoisotopic (exact) mass is 219 g/mol. The van der Waals surface area contributed by atoms with Crippen molar-refractivity contribution in [2.45, 2.75) is 43.1 Å². The average molecular weight is 219 g/mol. The van der Waals surface area contributed by atoms with E-state index in [2.05, 4.69) is 10.2 Å². The third-order valence-corrected chi connectivity index (χ3v) is 2.96. The van der Waals surface area contributed by atoms with E-state index < -0.39 is 5.76 Å². The molecule has 0 saturated carbocycles. The van der Waals surface area contributed by atoms with Gasteiger partial charge >= 0.3 is 0 Å². The summed E-state index contributed by atoms with van der Waals surface area (Å²) in [6.45, 7) is 0.775. The summed E-state index contributed by atoms with van der Waals surface area (Å²) in [7, 11) is 0. The third kappa shape index (κ3) is 2.05. The van der Waals surface area contributed by atoms with Crippen LogP contribution in [0.3, 0.4) is 0 Å². The van der Waals surface area contributed by atoms with Gasteiger partial charge < -0.3 is 4.57 Å². The zero-order valence-electron chi connectivity index (χ0n) is 7.62. The number of hydrogen-bond acceptors (Lipinski definition) is 3. The fourth-order valence-electron chi connectivity index (χ4n) is 1.63. The molecule has 0 bridgehead atoms. The highest BCUT2D eigenvalue weighted by Crippen LogP contribution is 2.26. The van der Waals surface area contributed by atoms with Crippen molar-refractivity contribution in [1.82, 2.24) is 14.8 Å². The summed E-state index contributed by atoms with van der Waals surface area (Å²) >= 11 is 0.485. The molecule has 0 saturated heterocycles. The molecule has 1 aliphatic rings. The van der Waals surface area contributed by atoms with E-state index in [1.54, 1.807) is 0 Å². The van der Waals surface area contributed by atoms with Crippen molar-refractivity contribution in [2.24, 2.45) is 0 Å². The number of thioether (sulfide) groups is 1. The Balaban J connectivity index is 2.20. The van der Waals surface area contributed by atoms with E-state index in [1.165, 1.54) is 0 Å². The second-order valence-electron chi connectivity index (χ2n) is 3.24. The first-order valence-corrected chi connectivity index (χ1v) is 5.52. The number of alkyl halides is 2. The van der Waals surface area contributed by atoms with Crippen molar-refractivity contribution in [3.63, 3.8) is 0 Å². The molecule has 6 heteroatoms. The van der Waals surface area contributed by atoms with Crippen LogP contribution >= 0.6 is 11.8 Å². The number of aryl methyl sites for hydroxylation is 1. The fraction of sp³-hybridized carbons (Fsp3) is 0.750. The van der Waals surface area contributed by atoms with Crippen LogP contribution in [0.2, 0.25) is 0 Å². The van der Waals surface area contributed by atoms with Gasteiger partial charge in [0.15, 0.2) is 5.16 Å². The third-order valence-electron chi connectivity index (χ3n) is 2.27. The maximum Gasteiger partial charge on any atom is 0.291 e. The Morgan fingerprint density at radius 1 is 1.21 bits per heavy atom. The van der Waals surface area contributed by atoms with Crippen LogP contribution in [0.25, 0.3) is 0 Å². The van der Waals surface area contributed by atoms with Crippen LogP contribution in [0.1, 0.15) is 25.1 Å². The lowest BCUT2D eigenvalue weighted by molar-refractivity contribution is 0.251. The number of nitrogens with zero attached hydrogens (tertiary/aromatic N) is 3. The van der Waals surface area contributed by atoms with E-state index in [0.717, 1.165) is 38.1 Å². The molecule has 0 aliphatic carbocycles. The van der Waals surface area contributed by atoms with Gasteiger partial charge in [0.25, 0.3) is 5.76 Å². The fourth-order valence-corrected chi connectivity index (χ4v) is 2.20. The van der Waals surface area contributed by atoms with Crippen LogP contribution in [0.4, 0.5) is 8.78 Å². The molecule has 0 aromatic carbocycles. The molecular formula is C8H11F2N3S. The van der Waals surface area contributed by atoms with E-state index in [1.807, 2.05) is 4.57 Å². The van der Waals surface area contributed by atoms with E-state index in [9.17, 15) is 8.78 Å². The van der Waals surface area contributed by atoms with Crippen LogP contribution in [0.5, 0.6) is 0 Å². The Hall–Kier alpha value is -0.650. The largest absolute Gasteiger partial charge is 0.306 e. The lowest BCUT2D eigenvalue weighted by Crippen LogP contribution is -2.03. The van der Waals surface area contributed by atoms with Crippen molar-refractivity contribution in [1.29, 1.82) is 0 Å². The van der Waals surface area contributed by atoms with Crippen molar-refractivity contribution < 1.29 is 8.78 Å². The Morgan fingerprint density at radius 3 is 2.86 bits per heavy atom. The molecule has 3 nitrogen and oxygen atoms in total. The molecule has 1 aromatic rings. The lowest BCUT2D eigenvalue weighted by Gasteiger charge is -2.04. The van der Waals surface area contributed by atoms with Gasteiger partial charge in [0.1, 0.15) is 5.82 Å². The van der Waals surface area contributed by atoms with E-state index in [4.69, 9.17) is 0 Å². The van der Waals surface area contributed by atoms with Gasteiger partial charge in [-0.05, 0) is 24.6 Å². The van der Waals surface area contributed by atoms with Gasteiger partial charge in [-0.1, -0.05) is 6.42 Å². The topological polar surface area (TPSA) is 30.7 Å². The van der Waals surface area contributed by atoms with E-state index in [-0.39, 0.29) is 0 Å². The minimum absolute atomic E-state index is 0.358. The molecule has 0 radical (unpaired) electrons. The molecule has 0 N–H and O–H groups in total. The highest BCUT2D eigenvalue weighted by atomic mass is 32.2. The SMILES string of the molecule is FC(F)Sc1nnc2n1CCCCC2. The van der Waals surface area contributed by atoms with Gasteiger partial charge in [-0.3, -0.25) is 0 Å². The van der Waals surface area contributed by atoms with E-state index in [0.29, 0.717) is 16.9 Å². The Bertz CT molecular complexity index is 314. The molecule has 14 heavy (non-hydrogen) atoms. The van der Waals surface area contributed by atoms with Crippen molar-refractivity contribution in [2.75, 3.05) is 0 Å². The number of halogens is 2. The first kappa shape index (κ1) is 9.89. The van der Waals surface area contributed by atoms with Crippen LogP contribution in [0.15, 0.2) is 5.16 Å². The molecule has 2 heterocycles.